The monoisotopic (exact) mass is 592 g/mol. The molecule has 10 nitrogen and oxygen atoms in total. The van der Waals surface area contributed by atoms with E-state index < -0.39 is 0 Å². The van der Waals surface area contributed by atoms with Crippen molar-refractivity contribution < 1.29 is 9.59 Å². The largest absolute Gasteiger partial charge is 0.344 e. The summed E-state index contributed by atoms with van der Waals surface area (Å²) in [5, 5.41) is 5.28. The van der Waals surface area contributed by atoms with Crippen LogP contribution in [0.25, 0.3) is 0 Å². The predicted molar refractivity (Wildman–Crippen MR) is 157 cm³/mol. The Morgan fingerprint density at radius 3 is 2.21 bits per heavy atom. The van der Waals surface area contributed by atoms with E-state index in [1.54, 1.807) is 19.0 Å². The van der Waals surface area contributed by atoms with Gasteiger partial charge in [0.25, 0.3) is 5.91 Å². The number of amides is 1. The molecule has 4 heterocycles. The number of aromatic nitrogens is 4. The normalized spacial score (nSPS) is 12.2. The Morgan fingerprint density at radius 2 is 1.61 bits per heavy atom. The predicted octanol–water partition coefficient (Wildman–Crippen LogP) is 3.76. The van der Waals surface area contributed by atoms with E-state index in [9.17, 15) is 9.59 Å². The van der Waals surface area contributed by atoms with Crippen molar-refractivity contribution >= 4 is 67.8 Å². The van der Waals surface area contributed by atoms with Crippen molar-refractivity contribution in [2.75, 3.05) is 35.2 Å². The lowest BCUT2D eigenvalue weighted by Crippen LogP contribution is -2.21. The van der Waals surface area contributed by atoms with Gasteiger partial charge < -0.3 is 18.9 Å². The lowest BCUT2D eigenvalue weighted by atomic mass is 10.3. The van der Waals surface area contributed by atoms with Crippen molar-refractivity contribution in [3.63, 3.8) is 0 Å². The molecule has 1 amide bonds. The van der Waals surface area contributed by atoms with E-state index in [0.717, 1.165) is 33.0 Å². The topological polar surface area (TPSA) is 101 Å². The lowest BCUT2D eigenvalue weighted by Gasteiger charge is -2.08. The van der Waals surface area contributed by atoms with E-state index in [4.69, 9.17) is 0 Å². The summed E-state index contributed by atoms with van der Waals surface area (Å²) in [6.07, 6.45) is 1.46. The van der Waals surface area contributed by atoms with Crippen LogP contribution in [0.5, 0.6) is 0 Å². The second-order valence-corrected chi connectivity index (χ2v) is 12.7. The number of rotatable bonds is 6. The van der Waals surface area contributed by atoms with Crippen LogP contribution in [0.3, 0.4) is 0 Å². The molecular weight excluding hydrogens is 561 g/mol. The van der Waals surface area contributed by atoms with Crippen LogP contribution in [0.4, 0.5) is 10.3 Å². The van der Waals surface area contributed by atoms with Crippen LogP contribution in [0.1, 0.15) is 42.1 Å². The van der Waals surface area contributed by atoms with E-state index in [2.05, 4.69) is 25.3 Å². The molecule has 0 aromatic carbocycles. The fourth-order valence-electron chi connectivity index (χ4n) is 3.02. The fraction of sp³-hybridized carbons (Fsp3) is 0.417. The Hall–Kier alpha value is -2.78. The summed E-state index contributed by atoms with van der Waals surface area (Å²) in [5.74, 6) is -0.0270. The van der Waals surface area contributed by atoms with Crippen molar-refractivity contribution in [3.8, 4) is 0 Å². The molecule has 0 aliphatic carbocycles. The van der Waals surface area contributed by atoms with Crippen molar-refractivity contribution in [1.29, 1.82) is 0 Å². The van der Waals surface area contributed by atoms with Gasteiger partial charge in [-0.25, -0.2) is 9.97 Å². The molecule has 0 N–H and O–H groups in total. The molecule has 4 rings (SSSR count). The smallest absolute Gasteiger partial charge is 0.265 e. The first kappa shape index (κ1) is 29.8. The third kappa shape index (κ3) is 7.20. The Labute approximate surface area is 237 Å². The molecule has 0 aliphatic rings. The number of nitrogens with zero attached hydrogens (tertiary/aromatic N) is 8. The molecule has 204 valence electrons. The molecular formula is C24H32N8O2S4. The molecule has 14 heteroatoms. The lowest BCUT2D eigenvalue weighted by molar-refractivity contribution is 0.0831. The minimum atomic E-state index is -0.0270. The molecule has 0 radical (unpaired) electrons. The van der Waals surface area contributed by atoms with E-state index in [1.165, 1.54) is 45.3 Å². The molecule has 0 fully saturated rings. The third-order valence-corrected chi connectivity index (χ3v) is 9.09. The van der Waals surface area contributed by atoms with Gasteiger partial charge in [-0.05, 0) is 35.0 Å². The van der Waals surface area contributed by atoms with E-state index >= 15 is 0 Å². The summed E-state index contributed by atoms with van der Waals surface area (Å²) in [6, 6.07) is 0. The zero-order valence-electron chi connectivity index (χ0n) is 23.0. The Bertz CT molecular complexity index is 1560. The molecule has 38 heavy (non-hydrogen) atoms. The van der Waals surface area contributed by atoms with Crippen molar-refractivity contribution in [2.45, 2.75) is 20.3 Å². The first-order chi connectivity index (χ1) is 17.9. The van der Waals surface area contributed by atoms with Gasteiger partial charge in [-0.15, -0.1) is 22.7 Å². The van der Waals surface area contributed by atoms with Gasteiger partial charge in [-0.2, -0.15) is 9.98 Å². The summed E-state index contributed by atoms with van der Waals surface area (Å²) in [4.78, 5) is 48.2. The van der Waals surface area contributed by atoms with Crippen LogP contribution in [0, 0.1) is 13.8 Å². The van der Waals surface area contributed by atoms with Gasteiger partial charge in [0.15, 0.2) is 15.9 Å². The quantitative estimate of drug-likeness (QED) is 0.318. The van der Waals surface area contributed by atoms with E-state index in [-0.39, 0.29) is 5.91 Å². The van der Waals surface area contributed by atoms with E-state index in [1.807, 2.05) is 68.5 Å². The Morgan fingerprint density at radius 1 is 0.947 bits per heavy atom. The molecule has 0 aliphatic heterocycles. The van der Waals surface area contributed by atoms with Gasteiger partial charge in [0.1, 0.15) is 4.88 Å². The van der Waals surface area contributed by atoms with Crippen LogP contribution in [-0.4, -0.2) is 76.3 Å². The number of hydrogen-bond donors (Lipinski definition) is 0. The molecule has 0 saturated carbocycles. The molecule has 0 unspecified atom stereocenters. The fourth-order valence-corrected chi connectivity index (χ4v) is 6.62. The number of carbonyl (C=O) groups excluding carboxylic acids is 2. The summed E-state index contributed by atoms with van der Waals surface area (Å²) in [5.41, 5.74) is 3.57. The standard InChI is InChI=1S/C21H23N7O2S4.C3H9N/c1-11-15(8-29)33-19(22-11)25-20-28(6)14(10-32-20)7-13-9-31-18(23-13)24-21-27(5)12(2)16(34-21)17(30)26(3)4;1-4(2)3/h8-10H,7H2,1-6H3;1-3H3/b24-21+,25-20+;. The first-order valence-corrected chi connectivity index (χ1v) is 14.9. The highest BCUT2D eigenvalue weighted by Gasteiger charge is 2.17. The van der Waals surface area contributed by atoms with Crippen molar-refractivity contribution in [1.82, 2.24) is 28.9 Å². The summed E-state index contributed by atoms with van der Waals surface area (Å²) in [6.45, 7) is 3.73. The first-order valence-electron chi connectivity index (χ1n) is 11.5. The maximum atomic E-state index is 12.4. The van der Waals surface area contributed by atoms with Crippen LogP contribution in [0.15, 0.2) is 20.7 Å². The molecule has 4 aromatic heterocycles. The molecule has 0 saturated heterocycles. The maximum absolute atomic E-state index is 12.4. The average Bonchev–Trinajstić information content (AvgIpc) is 3.60. The van der Waals surface area contributed by atoms with Crippen LogP contribution >= 0.6 is 45.3 Å². The summed E-state index contributed by atoms with van der Waals surface area (Å²) in [7, 11) is 13.4. The highest BCUT2D eigenvalue weighted by atomic mass is 32.1. The number of aryl methyl sites for hydroxylation is 1. The van der Waals surface area contributed by atoms with Gasteiger partial charge in [0, 0.05) is 56.8 Å². The maximum Gasteiger partial charge on any atom is 0.265 e. The van der Waals surface area contributed by atoms with Gasteiger partial charge in [0.2, 0.25) is 10.3 Å². The van der Waals surface area contributed by atoms with Crippen molar-refractivity contribution in [2.24, 2.45) is 24.1 Å². The van der Waals surface area contributed by atoms with Gasteiger partial charge in [0.05, 0.1) is 16.3 Å². The Kier molecular flexibility index (Phi) is 10.1. The molecule has 0 atom stereocenters. The van der Waals surface area contributed by atoms with Crippen molar-refractivity contribution in [3.05, 3.63) is 52.9 Å². The number of hydrogen-bond acceptors (Lipinski definition) is 11. The Balaban J connectivity index is 0.000000934. The van der Waals surface area contributed by atoms with Crippen LogP contribution in [0.2, 0.25) is 0 Å². The molecule has 0 bridgehead atoms. The number of aldehydes is 1. The molecule has 0 spiro atoms. The van der Waals surface area contributed by atoms with Crippen LogP contribution in [-0.2, 0) is 20.5 Å². The molecule has 4 aromatic rings. The second kappa shape index (κ2) is 12.8. The number of carbonyl (C=O) groups is 2. The van der Waals surface area contributed by atoms with Crippen LogP contribution < -0.4 is 9.60 Å². The average molecular weight is 593 g/mol. The van der Waals surface area contributed by atoms with Gasteiger partial charge >= 0.3 is 0 Å². The number of thiazole rings is 4. The zero-order valence-corrected chi connectivity index (χ0v) is 26.2. The third-order valence-electron chi connectivity index (χ3n) is 5.14. The van der Waals surface area contributed by atoms with Gasteiger partial charge in [-0.3, -0.25) is 9.59 Å². The highest BCUT2D eigenvalue weighted by Crippen LogP contribution is 2.24. The highest BCUT2D eigenvalue weighted by molar-refractivity contribution is 7.17. The minimum Gasteiger partial charge on any atom is -0.344 e. The second-order valence-electron chi connectivity index (χ2n) is 9.05. The summed E-state index contributed by atoms with van der Waals surface area (Å²) >= 11 is 5.66. The SMILES string of the molecule is CN(C)C.Cc1nc(/N=c2/scc(Cc3csc(/N=c4/sc(C(=O)N(C)C)c(C)n4C)n3)n2C)sc1C=O. The minimum absolute atomic E-state index is 0.0270. The van der Waals surface area contributed by atoms with E-state index in [0.29, 0.717) is 32.1 Å². The zero-order chi connectivity index (χ0) is 28.1. The summed E-state index contributed by atoms with van der Waals surface area (Å²) < 4.78 is 3.94. The van der Waals surface area contributed by atoms with Gasteiger partial charge in [-0.1, -0.05) is 22.7 Å².